The number of likely N-dealkylation sites (N-methyl/N-ethyl adjacent to an activating group) is 1. The second-order valence-corrected chi connectivity index (χ2v) is 5.36. The van der Waals surface area contributed by atoms with Crippen LogP contribution in [0.25, 0.3) is 10.9 Å². The largest absolute Gasteiger partial charge is 0.360 e. The molecule has 0 atom stereocenters. The maximum Gasteiger partial charge on any atom is 0.241 e. The lowest BCUT2D eigenvalue weighted by Crippen LogP contribution is -2.48. The SMILES string of the molecule is Cc1nc(Cl)c2cc(N3CCN(C)C(=O)C3)ccc2n1. The number of benzene rings is 1. The fourth-order valence-electron chi connectivity index (χ4n) is 2.36. The van der Waals surface area contributed by atoms with Crippen LogP contribution in [-0.2, 0) is 4.79 Å². The quantitative estimate of drug-likeness (QED) is 0.753. The third-order valence-corrected chi connectivity index (χ3v) is 3.86. The lowest BCUT2D eigenvalue weighted by Gasteiger charge is -2.33. The molecule has 1 amide bonds. The second-order valence-electron chi connectivity index (χ2n) is 5.00. The van der Waals surface area contributed by atoms with Gasteiger partial charge in [-0.15, -0.1) is 0 Å². The van der Waals surface area contributed by atoms with Gasteiger partial charge in [-0.1, -0.05) is 11.6 Å². The number of fused-ring (bicyclic) bond motifs is 1. The molecule has 0 aliphatic carbocycles. The topological polar surface area (TPSA) is 49.3 Å². The van der Waals surface area contributed by atoms with Crippen molar-refractivity contribution >= 4 is 34.1 Å². The number of piperazine rings is 1. The standard InChI is InChI=1S/C14H15ClN4O/c1-9-16-12-4-3-10(7-11(12)14(15)17-9)19-6-5-18(2)13(20)8-19/h3-4,7H,5-6,8H2,1-2H3. The average Bonchev–Trinajstić information content (AvgIpc) is 2.41. The minimum atomic E-state index is 0.127. The van der Waals surface area contributed by atoms with Crippen LogP contribution < -0.4 is 4.90 Å². The summed E-state index contributed by atoms with van der Waals surface area (Å²) in [5, 5.41) is 1.27. The Kier molecular flexibility index (Phi) is 3.22. The smallest absolute Gasteiger partial charge is 0.241 e. The van der Waals surface area contributed by atoms with E-state index in [2.05, 4.69) is 14.9 Å². The van der Waals surface area contributed by atoms with Crippen LogP contribution in [0.4, 0.5) is 5.69 Å². The maximum absolute atomic E-state index is 11.8. The van der Waals surface area contributed by atoms with Crippen LogP contribution in [0.3, 0.4) is 0 Å². The first-order valence-corrected chi connectivity index (χ1v) is 6.85. The molecule has 5 nitrogen and oxygen atoms in total. The van der Waals surface area contributed by atoms with E-state index in [1.807, 2.05) is 32.2 Å². The third kappa shape index (κ3) is 2.29. The number of hydrogen-bond acceptors (Lipinski definition) is 4. The second kappa shape index (κ2) is 4.90. The molecule has 1 fully saturated rings. The number of carbonyl (C=O) groups is 1. The molecule has 0 bridgehead atoms. The number of halogens is 1. The molecule has 20 heavy (non-hydrogen) atoms. The summed E-state index contributed by atoms with van der Waals surface area (Å²) in [6.07, 6.45) is 0. The van der Waals surface area contributed by atoms with Crippen LogP contribution >= 0.6 is 11.6 Å². The van der Waals surface area contributed by atoms with Gasteiger partial charge in [-0.3, -0.25) is 4.79 Å². The highest BCUT2D eigenvalue weighted by Gasteiger charge is 2.21. The highest BCUT2D eigenvalue weighted by molar-refractivity contribution is 6.34. The summed E-state index contributed by atoms with van der Waals surface area (Å²) in [4.78, 5) is 24.1. The molecule has 0 spiro atoms. The molecular weight excluding hydrogens is 276 g/mol. The van der Waals surface area contributed by atoms with Crippen molar-refractivity contribution in [3.05, 3.63) is 29.2 Å². The van der Waals surface area contributed by atoms with Gasteiger partial charge in [-0.05, 0) is 25.1 Å². The molecular formula is C14H15ClN4O. The molecule has 0 N–H and O–H groups in total. The van der Waals surface area contributed by atoms with Crippen molar-refractivity contribution in [3.8, 4) is 0 Å². The minimum absolute atomic E-state index is 0.127. The van der Waals surface area contributed by atoms with E-state index in [4.69, 9.17) is 11.6 Å². The number of rotatable bonds is 1. The van der Waals surface area contributed by atoms with E-state index in [0.29, 0.717) is 17.5 Å². The van der Waals surface area contributed by atoms with Crippen molar-refractivity contribution in [2.75, 3.05) is 31.6 Å². The van der Waals surface area contributed by atoms with Crippen LogP contribution in [-0.4, -0.2) is 47.5 Å². The summed E-state index contributed by atoms with van der Waals surface area (Å²) >= 11 is 6.18. The van der Waals surface area contributed by atoms with E-state index in [-0.39, 0.29) is 5.91 Å². The first-order valence-electron chi connectivity index (χ1n) is 6.47. The van der Waals surface area contributed by atoms with Gasteiger partial charge in [0.15, 0.2) is 0 Å². The first kappa shape index (κ1) is 13.1. The van der Waals surface area contributed by atoms with E-state index in [1.165, 1.54) is 0 Å². The van der Waals surface area contributed by atoms with Gasteiger partial charge >= 0.3 is 0 Å². The van der Waals surface area contributed by atoms with Gasteiger partial charge in [-0.2, -0.15) is 0 Å². The third-order valence-electron chi connectivity index (χ3n) is 3.57. The summed E-state index contributed by atoms with van der Waals surface area (Å²) < 4.78 is 0. The zero-order valence-electron chi connectivity index (χ0n) is 11.4. The van der Waals surface area contributed by atoms with Crippen molar-refractivity contribution in [2.24, 2.45) is 0 Å². The predicted octanol–water partition coefficient (Wildman–Crippen LogP) is 1.87. The summed E-state index contributed by atoms with van der Waals surface area (Å²) in [5.41, 5.74) is 1.81. The van der Waals surface area contributed by atoms with E-state index < -0.39 is 0 Å². The van der Waals surface area contributed by atoms with Gasteiger partial charge in [0.1, 0.15) is 11.0 Å². The van der Waals surface area contributed by atoms with Crippen molar-refractivity contribution in [3.63, 3.8) is 0 Å². The van der Waals surface area contributed by atoms with E-state index in [0.717, 1.165) is 29.7 Å². The number of aryl methyl sites for hydroxylation is 1. The molecule has 6 heteroatoms. The maximum atomic E-state index is 11.8. The summed E-state index contributed by atoms with van der Waals surface area (Å²) in [6.45, 7) is 3.76. The van der Waals surface area contributed by atoms with Crippen LogP contribution in [0.1, 0.15) is 5.82 Å². The van der Waals surface area contributed by atoms with Crippen molar-refractivity contribution < 1.29 is 4.79 Å². The number of anilines is 1. The summed E-state index contributed by atoms with van der Waals surface area (Å²) in [5.74, 6) is 0.785. The monoisotopic (exact) mass is 290 g/mol. The van der Waals surface area contributed by atoms with Crippen molar-refractivity contribution in [2.45, 2.75) is 6.92 Å². The Morgan fingerprint density at radius 1 is 1.25 bits per heavy atom. The average molecular weight is 291 g/mol. The van der Waals surface area contributed by atoms with Crippen LogP contribution in [0.5, 0.6) is 0 Å². The normalized spacial score (nSPS) is 16.1. The Bertz CT molecular complexity index is 688. The number of amides is 1. The van der Waals surface area contributed by atoms with Gasteiger partial charge in [0, 0.05) is 31.2 Å². The summed E-state index contributed by atoms with van der Waals surface area (Å²) in [7, 11) is 1.83. The summed E-state index contributed by atoms with van der Waals surface area (Å²) in [6, 6.07) is 5.85. The molecule has 1 aromatic heterocycles. The molecule has 1 aromatic carbocycles. The lowest BCUT2D eigenvalue weighted by molar-refractivity contribution is -0.129. The van der Waals surface area contributed by atoms with Crippen molar-refractivity contribution in [1.29, 1.82) is 0 Å². The zero-order valence-corrected chi connectivity index (χ0v) is 12.2. The highest BCUT2D eigenvalue weighted by atomic mass is 35.5. The number of aromatic nitrogens is 2. The van der Waals surface area contributed by atoms with Gasteiger partial charge < -0.3 is 9.80 Å². The van der Waals surface area contributed by atoms with Gasteiger partial charge in [0.25, 0.3) is 0 Å². The molecule has 0 saturated carbocycles. The molecule has 2 aromatic rings. The minimum Gasteiger partial charge on any atom is -0.360 e. The highest BCUT2D eigenvalue weighted by Crippen LogP contribution is 2.26. The molecule has 3 rings (SSSR count). The molecule has 1 aliphatic heterocycles. The molecule has 1 saturated heterocycles. The molecule has 0 radical (unpaired) electrons. The first-order chi connectivity index (χ1) is 9.54. The van der Waals surface area contributed by atoms with E-state index in [1.54, 1.807) is 4.90 Å². The van der Waals surface area contributed by atoms with Gasteiger partial charge in [0.05, 0.1) is 12.1 Å². The van der Waals surface area contributed by atoms with Crippen LogP contribution in [0.15, 0.2) is 18.2 Å². The Hall–Kier alpha value is -1.88. The van der Waals surface area contributed by atoms with Gasteiger partial charge in [0.2, 0.25) is 5.91 Å². The Morgan fingerprint density at radius 2 is 2.05 bits per heavy atom. The molecule has 1 aliphatic rings. The number of nitrogens with zero attached hydrogens (tertiary/aromatic N) is 4. The molecule has 2 heterocycles. The van der Waals surface area contributed by atoms with Gasteiger partial charge in [-0.25, -0.2) is 9.97 Å². The Morgan fingerprint density at radius 3 is 2.80 bits per heavy atom. The van der Waals surface area contributed by atoms with Crippen LogP contribution in [0, 0.1) is 6.92 Å². The van der Waals surface area contributed by atoms with E-state index >= 15 is 0 Å². The fourth-order valence-corrected chi connectivity index (χ4v) is 2.64. The van der Waals surface area contributed by atoms with Crippen LogP contribution in [0.2, 0.25) is 5.15 Å². The Balaban J connectivity index is 1.99. The number of carbonyl (C=O) groups excluding carboxylic acids is 1. The number of hydrogen-bond donors (Lipinski definition) is 0. The Labute approximate surface area is 122 Å². The van der Waals surface area contributed by atoms with E-state index in [9.17, 15) is 4.79 Å². The van der Waals surface area contributed by atoms with Crippen molar-refractivity contribution in [1.82, 2.24) is 14.9 Å². The molecule has 0 unspecified atom stereocenters. The molecule has 104 valence electrons. The lowest BCUT2D eigenvalue weighted by atomic mass is 10.2. The predicted molar refractivity (Wildman–Crippen MR) is 79.1 cm³/mol. The zero-order chi connectivity index (χ0) is 14.3. The fraction of sp³-hybridized carbons (Fsp3) is 0.357.